The summed E-state index contributed by atoms with van der Waals surface area (Å²) in [6, 6.07) is 9.43. The van der Waals surface area contributed by atoms with Crippen LogP contribution in [0.15, 0.2) is 40.5 Å². The molecule has 0 saturated carbocycles. The predicted octanol–water partition coefficient (Wildman–Crippen LogP) is 2.05. The van der Waals surface area contributed by atoms with Gasteiger partial charge in [-0.15, -0.1) is 0 Å². The molecule has 8 heteroatoms. The van der Waals surface area contributed by atoms with Gasteiger partial charge in [-0.05, 0) is 42.0 Å². The van der Waals surface area contributed by atoms with E-state index in [1.54, 1.807) is 6.07 Å². The van der Waals surface area contributed by atoms with Gasteiger partial charge in [0.15, 0.2) is 0 Å². The number of amidine groups is 2. The molecule has 0 radical (unpaired) electrons. The molecule has 2 aromatic rings. The van der Waals surface area contributed by atoms with Crippen molar-refractivity contribution in [1.82, 2.24) is 0 Å². The molecule has 162 valence electrons. The number of benzene rings is 2. The van der Waals surface area contributed by atoms with Gasteiger partial charge in [0.25, 0.3) is 5.84 Å². The van der Waals surface area contributed by atoms with Gasteiger partial charge in [0.2, 0.25) is 0 Å². The van der Waals surface area contributed by atoms with E-state index in [9.17, 15) is 9.90 Å². The van der Waals surface area contributed by atoms with Crippen molar-refractivity contribution in [2.24, 2.45) is 15.9 Å². The highest BCUT2D eigenvalue weighted by Crippen LogP contribution is 2.34. The molecule has 2 aliphatic rings. The van der Waals surface area contributed by atoms with E-state index < -0.39 is 5.91 Å². The van der Waals surface area contributed by atoms with Gasteiger partial charge < -0.3 is 20.9 Å². The van der Waals surface area contributed by atoms with Crippen LogP contribution in [0.4, 0.5) is 11.4 Å². The fourth-order valence-electron chi connectivity index (χ4n) is 3.97. The molecule has 2 aliphatic heterocycles. The van der Waals surface area contributed by atoms with Crippen LogP contribution in [0.5, 0.6) is 11.5 Å². The maximum absolute atomic E-state index is 12.1. The van der Waals surface area contributed by atoms with Crippen molar-refractivity contribution in [3.8, 4) is 11.5 Å². The summed E-state index contributed by atoms with van der Waals surface area (Å²) in [5.74, 6) is 0.713. The highest BCUT2D eigenvalue weighted by atomic mass is 16.5. The van der Waals surface area contributed by atoms with E-state index in [0.717, 1.165) is 41.9 Å². The van der Waals surface area contributed by atoms with Gasteiger partial charge in [-0.3, -0.25) is 4.79 Å². The molecule has 1 atom stereocenters. The Balaban J connectivity index is 1.79. The first-order valence-corrected chi connectivity index (χ1v) is 10.6. The summed E-state index contributed by atoms with van der Waals surface area (Å²) < 4.78 is 5.85. The number of hydrogen-bond acceptors (Lipinski definition) is 6. The molecule has 0 fully saturated rings. The van der Waals surface area contributed by atoms with E-state index >= 15 is 0 Å². The van der Waals surface area contributed by atoms with Crippen molar-refractivity contribution in [3.63, 3.8) is 0 Å². The minimum absolute atomic E-state index is 0.0236. The second-order valence-corrected chi connectivity index (χ2v) is 8.10. The number of ether oxygens (including phenoxy) is 1. The van der Waals surface area contributed by atoms with Crippen molar-refractivity contribution in [1.29, 1.82) is 0 Å². The third-order valence-corrected chi connectivity index (χ3v) is 5.53. The minimum Gasteiger partial charge on any atom is -0.507 e. The SMILES string of the molecule is CCCOc1cc(O)c(C2=NN=C(C(N)=O)[NH+]2c2ccc3c(c2)CCN3)cc1C(C)C. The lowest BCUT2D eigenvalue weighted by atomic mass is 9.97. The smallest absolute Gasteiger partial charge is 0.326 e. The molecule has 4 rings (SSSR count). The highest BCUT2D eigenvalue weighted by molar-refractivity contribution is 6.36. The van der Waals surface area contributed by atoms with Crippen molar-refractivity contribution < 1.29 is 19.5 Å². The van der Waals surface area contributed by atoms with Gasteiger partial charge in [0, 0.05) is 30.4 Å². The molecule has 2 aromatic carbocycles. The first-order chi connectivity index (χ1) is 14.9. The van der Waals surface area contributed by atoms with Crippen LogP contribution in [0, 0.1) is 0 Å². The molecule has 0 aromatic heterocycles. The molecular weight excluding hydrogens is 394 g/mol. The van der Waals surface area contributed by atoms with Crippen molar-refractivity contribution in [2.75, 3.05) is 18.5 Å². The second kappa shape index (κ2) is 8.39. The predicted molar refractivity (Wildman–Crippen MR) is 120 cm³/mol. The summed E-state index contributed by atoms with van der Waals surface area (Å²) in [6.45, 7) is 7.61. The summed E-state index contributed by atoms with van der Waals surface area (Å²) in [5.41, 5.74) is 10.1. The molecule has 0 saturated heterocycles. The summed E-state index contributed by atoms with van der Waals surface area (Å²) in [4.78, 5) is 12.7. The Bertz CT molecular complexity index is 1090. The molecule has 31 heavy (non-hydrogen) atoms. The van der Waals surface area contributed by atoms with Crippen LogP contribution in [0.1, 0.15) is 49.8 Å². The van der Waals surface area contributed by atoms with Gasteiger partial charge >= 0.3 is 11.7 Å². The number of nitrogens with zero attached hydrogens (tertiary/aromatic N) is 2. The molecule has 1 amide bonds. The molecule has 5 N–H and O–H groups in total. The van der Waals surface area contributed by atoms with Crippen LogP contribution < -0.4 is 20.7 Å². The number of nitrogens with two attached hydrogens (primary N) is 1. The average molecular weight is 423 g/mol. The van der Waals surface area contributed by atoms with E-state index in [2.05, 4.69) is 29.4 Å². The quantitative estimate of drug-likeness (QED) is 0.547. The third-order valence-electron chi connectivity index (χ3n) is 5.53. The number of rotatable bonds is 7. The number of primary amides is 1. The van der Waals surface area contributed by atoms with E-state index in [4.69, 9.17) is 10.5 Å². The Labute approximate surface area is 181 Å². The van der Waals surface area contributed by atoms with Gasteiger partial charge in [-0.1, -0.05) is 31.0 Å². The van der Waals surface area contributed by atoms with E-state index in [-0.39, 0.29) is 17.5 Å². The lowest BCUT2D eigenvalue weighted by Crippen LogP contribution is -3.13. The Kier molecular flexibility index (Phi) is 5.65. The molecule has 1 unspecified atom stereocenters. The van der Waals surface area contributed by atoms with Crippen LogP contribution in [0.3, 0.4) is 0 Å². The van der Waals surface area contributed by atoms with Crippen molar-refractivity contribution >= 4 is 29.0 Å². The van der Waals surface area contributed by atoms with Crippen molar-refractivity contribution in [2.45, 2.75) is 39.5 Å². The van der Waals surface area contributed by atoms with E-state index in [0.29, 0.717) is 28.7 Å². The number of phenolic OH excluding ortho intramolecular Hbond substituents is 1. The maximum Gasteiger partial charge on any atom is 0.326 e. The number of amides is 1. The topological polar surface area (TPSA) is 114 Å². The Morgan fingerprint density at radius 1 is 1.29 bits per heavy atom. The minimum atomic E-state index is -0.654. The van der Waals surface area contributed by atoms with Gasteiger partial charge in [-0.2, -0.15) is 4.90 Å². The number of carbonyl (C=O) groups is 1. The van der Waals surface area contributed by atoms with Gasteiger partial charge in [0.1, 0.15) is 22.7 Å². The number of nitrogens with one attached hydrogen (secondary N) is 2. The number of phenols is 1. The third kappa shape index (κ3) is 3.86. The number of carbonyl (C=O) groups excluding carboxylic acids is 1. The normalized spacial score (nSPS) is 17.2. The van der Waals surface area contributed by atoms with Crippen LogP contribution in [0.25, 0.3) is 0 Å². The standard InChI is InChI=1S/C23H27N5O3/c1-4-9-31-20-12-19(29)17(11-16(20)13(2)3)22-26-27-23(21(24)30)28(22)15-5-6-18-14(10-15)7-8-25-18/h5-6,10-13,25,29H,4,7-9H2,1-3H3,(H2,24,30)/p+1. The Morgan fingerprint density at radius 3 is 2.81 bits per heavy atom. The van der Waals surface area contributed by atoms with Crippen LogP contribution in [0.2, 0.25) is 0 Å². The van der Waals surface area contributed by atoms with Crippen molar-refractivity contribution in [3.05, 3.63) is 47.0 Å². The second-order valence-electron chi connectivity index (χ2n) is 8.10. The fraction of sp³-hybridized carbons (Fsp3) is 0.348. The van der Waals surface area contributed by atoms with Crippen LogP contribution in [-0.2, 0) is 11.2 Å². The van der Waals surface area contributed by atoms with Gasteiger partial charge in [0.05, 0.1) is 6.61 Å². The Hall–Kier alpha value is -3.39. The molecule has 8 nitrogen and oxygen atoms in total. The van der Waals surface area contributed by atoms with Gasteiger partial charge in [-0.25, -0.2) is 0 Å². The maximum atomic E-state index is 12.1. The first-order valence-electron chi connectivity index (χ1n) is 10.6. The number of aromatic hydroxyl groups is 1. The summed E-state index contributed by atoms with van der Waals surface area (Å²) in [5, 5.41) is 22.5. The first kappa shape index (κ1) is 20.9. The number of anilines is 1. The van der Waals surface area contributed by atoms with E-state index in [1.165, 1.54) is 0 Å². The monoisotopic (exact) mass is 422 g/mol. The molecule has 2 heterocycles. The Morgan fingerprint density at radius 2 is 2.10 bits per heavy atom. The molecule has 0 bridgehead atoms. The number of fused-ring (bicyclic) bond motifs is 1. The average Bonchev–Trinajstić information content (AvgIpc) is 3.38. The summed E-state index contributed by atoms with van der Waals surface area (Å²) in [7, 11) is 0. The summed E-state index contributed by atoms with van der Waals surface area (Å²) >= 11 is 0. The largest absolute Gasteiger partial charge is 0.507 e. The molecular formula is C23H28N5O3+. The number of quaternary nitrogens is 1. The fourth-order valence-corrected chi connectivity index (χ4v) is 3.97. The zero-order valence-corrected chi connectivity index (χ0v) is 18.0. The zero-order chi connectivity index (χ0) is 22.1. The number of hydrogen-bond donors (Lipinski definition) is 4. The lowest BCUT2D eigenvalue weighted by Gasteiger charge is -2.19. The van der Waals surface area contributed by atoms with E-state index in [1.807, 2.05) is 31.2 Å². The summed E-state index contributed by atoms with van der Waals surface area (Å²) in [6.07, 6.45) is 1.77. The lowest BCUT2D eigenvalue weighted by molar-refractivity contribution is -0.612. The highest BCUT2D eigenvalue weighted by Gasteiger charge is 2.39. The molecule has 0 aliphatic carbocycles. The zero-order valence-electron chi connectivity index (χ0n) is 18.0. The van der Waals surface area contributed by atoms with Crippen LogP contribution in [-0.4, -0.2) is 35.8 Å². The molecule has 0 spiro atoms. The van der Waals surface area contributed by atoms with Crippen LogP contribution >= 0.6 is 0 Å².